The van der Waals surface area contributed by atoms with Crippen LogP contribution in [0.4, 0.5) is 5.82 Å². The van der Waals surface area contributed by atoms with Crippen LogP contribution in [0.25, 0.3) is 0 Å². The Kier molecular flexibility index (Phi) is 5.58. The lowest BCUT2D eigenvalue weighted by Gasteiger charge is -2.23. The van der Waals surface area contributed by atoms with E-state index in [0.29, 0.717) is 18.3 Å². The topological polar surface area (TPSA) is 71.1 Å². The third-order valence-corrected chi connectivity index (χ3v) is 5.59. The summed E-state index contributed by atoms with van der Waals surface area (Å²) in [6.45, 7) is 4.69. The van der Waals surface area contributed by atoms with Crippen LogP contribution in [0.5, 0.6) is 0 Å². The number of rotatable bonds is 5. The van der Waals surface area contributed by atoms with Crippen LogP contribution in [-0.4, -0.2) is 26.0 Å². The third kappa shape index (κ3) is 4.17. The van der Waals surface area contributed by atoms with E-state index >= 15 is 0 Å². The number of hydrogen-bond acceptors (Lipinski definition) is 4. The van der Waals surface area contributed by atoms with Crippen molar-refractivity contribution in [3.63, 3.8) is 0 Å². The first-order chi connectivity index (χ1) is 10.0. The second-order valence-electron chi connectivity index (χ2n) is 5.72. The summed E-state index contributed by atoms with van der Waals surface area (Å²) in [6, 6.07) is 3.29. The van der Waals surface area contributed by atoms with E-state index in [-0.39, 0.29) is 10.9 Å². The van der Waals surface area contributed by atoms with Gasteiger partial charge in [-0.25, -0.2) is 18.1 Å². The Balaban J connectivity index is 2.21. The first kappa shape index (κ1) is 16.2. The zero-order chi connectivity index (χ0) is 15.3. The fraction of sp³-hybridized carbons (Fsp3) is 0.667. The van der Waals surface area contributed by atoms with Gasteiger partial charge >= 0.3 is 0 Å². The van der Waals surface area contributed by atoms with Crippen molar-refractivity contribution in [2.75, 3.05) is 11.9 Å². The van der Waals surface area contributed by atoms with E-state index in [1.807, 2.05) is 6.92 Å². The van der Waals surface area contributed by atoms with Crippen LogP contribution in [0, 0.1) is 5.92 Å². The summed E-state index contributed by atoms with van der Waals surface area (Å²) in [6.07, 6.45) is 7.07. The minimum atomic E-state index is -3.54. The lowest BCUT2D eigenvalue weighted by Crippen LogP contribution is -2.39. The van der Waals surface area contributed by atoms with Crippen molar-refractivity contribution in [1.29, 1.82) is 0 Å². The average molecular weight is 311 g/mol. The Bertz CT molecular complexity index is 560. The molecule has 1 heterocycles. The zero-order valence-electron chi connectivity index (χ0n) is 12.8. The molecule has 2 atom stereocenters. The minimum Gasteiger partial charge on any atom is -0.369 e. The SMILES string of the molecule is CCNc1ncccc1S(=O)(=O)NC1CCCCCC1C. The average Bonchev–Trinajstić information content (AvgIpc) is 2.65. The molecule has 1 aromatic rings. The van der Waals surface area contributed by atoms with Gasteiger partial charge < -0.3 is 5.32 Å². The molecule has 0 aliphatic heterocycles. The Morgan fingerprint density at radius 3 is 2.81 bits per heavy atom. The lowest BCUT2D eigenvalue weighted by molar-refractivity contribution is 0.399. The van der Waals surface area contributed by atoms with Gasteiger partial charge in [-0.15, -0.1) is 0 Å². The van der Waals surface area contributed by atoms with E-state index in [4.69, 9.17) is 0 Å². The first-order valence-corrected chi connectivity index (χ1v) is 9.24. The number of nitrogens with one attached hydrogen (secondary N) is 2. The summed E-state index contributed by atoms with van der Waals surface area (Å²) in [5.41, 5.74) is 0. The van der Waals surface area contributed by atoms with Gasteiger partial charge in [0.25, 0.3) is 0 Å². The van der Waals surface area contributed by atoms with Gasteiger partial charge in [0.1, 0.15) is 10.7 Å². The molecule has 1 fully saturated rings. The van der Waals surface area contributed by atoms with Gasteiger partial charge in [0, 0.05) is 18.8 Å². The van der Waals surface area contributed by atoms with Gasteiger partial charge in [0.15, 0.2) is 0 Å². The molecule has 2 rings (SSSR count). The Morgan fingerprint density at radius 2 is 2.05 bits per heavy atom. The van der Waals surface area contributed by atoms with E-state index in [2.05, 4.69) is 21.9 Å². The van der Waals surface area contributed by atoms with Crippen molar-refractivity contribution >= 4 is 15.8 Å². The van der Waals surface area contributed by atoms with E-state index < -0.39 is 10.0 Å². The molecule has 0 saturated heterocycles. The predicted molar refractivity (Wildman–Crippen MR) is 84.8 cm³/mol. The molecule has 0 spiro atoms. The summed E-state index contributed by atoms with van der Waals surface area (Å²) in [5, 5.41) is 3.01. The molecule has 0 bridgehead atoms. The molecule has 1 aliphatic carbocycles. The number of nitrogens with zero attached hydrogens (tertiary/aromatic N) is 1. The molecule has 6 heteroatoms. The number of hydrogen-bond donors (Lipinski definition) is 2. The normalized spacial score (nSPS) is 23.5. The van der Waals surface area contributed by atoms with Gasteiger partial charge in [-0.2, -0.15) is 0 Å². The lowest BCUT2D eigenvalue weighted by atomic mass is 9.98. The van der Waals surface area contributed by atoms with Crippen LogP contribution < -0.4 is 10.0 Å². The second kappa shape index (κ2) is 7.22. The molecular weight excluding hydrogens is 286 g/mol. The molecule has 1 saturated carbocycles. The largest absolute Gasteiger partial charge is 0.369 e. The number of sulfonamides is 1. The van der Waals surface area contributed by atoms with E-state index in [9.17, 15) is 8.42 Å². The number of aromatic nitrogens is 1. The molecule has 1 aliphatic rings. The fourth-order valence-electron chi connectivity index (χ4n) is 2.84. The quantitative estimate of drug-likeness (QED) is 0.820. The summed E-state index contributed by atoms with van der Waals surface area (Å²) >= 11 is 0. The molecule has 118 valence electrons. The highest BCUT2D eigenvalue weighted by atomic mass is 32.2. The summed E-state index contributed by atoms with van der Waals surface area (Å²) in [4.78, 5) is 4.37. The molecule has 0 amide bonds. The van der Waals surface area contributed by atoms with Crippen LogP contribution in [0.3, 0.4) is 0 Å². The van der Waals surface area contributed by atoms with Crippen LogP contribution in [0.15, 0.2) is 23.2 Å². The van der Waals surface area contributed by atoms with Crippen molar-refractivity contribution in [3.8, 4) is 0 Å². The summed E-state index contributed by atoms with van der Waals surface area (Å²) in [5.74, 6) is 0.801. The van der Waals surface area contributed by atoms with Crippen LogP contribution >= 0.6 is 0 Å². The third-order valence-electron chi connectivity index (χ3n) is 4.07. The standard InChI is InChI=1S/C15H25N3O2S/c1-3-16-15-14(10-7-11-17-15)21(19,20)18-13-9-6-4-5-8-12(13)2/h7,10-13,18H,3-6,8-9H2,1-2H3,(H,16,17). The summed E-state index contributed by atoms with van der Waals surface area (Å²) < 4.78 is 28.2. The smallest absolute Gasteiger partial charge is 0.244 e. The van der Waals surface area contributed by atoms with Crippen molar-refractivity contribution < 1.29 is 8.42 Å². The maximum atomic E-state index is 12.7. The van der Waals surface area contributed by atoms with Crippen LogP contribution in [0.2, 0.25) is 0 Å². The number of pyridine rings is 1. The molecule has 1 aromatic heterocycles. The van der Waals surface area contributed by atoms with Crippen molar-refractivity contribution in [3.05, 3.63) is 18.3 Å². The highest BCUT2D eigenvalue weighted by molar-refractivity contribution is 7.89. The molecule has 21 heavy (non-hydrogen) atoms. The van der Waals surface area contributed by atoms with E-state index in [0.717, 1.165) is 19.3 Å². The van der Waals surface area contributed by atoms with Gasteiger partial charge in [0.05, 0.1) is 0 Å². The Labute approximate surface area is 127 Å². The van der Waals surface area contributed by atoms with Crippen LogP contribution in [0.1, 0.15) is 46.0 Å². The molecule has 2 unspecified atom stereocenters. The van der Waals surface area contributed by atoms with Crippen molar-refractivity contribution in [2.24, 2.45) is 5.92 Å². The molecular formula is C15H25N3O2S. The first-order valence-electron chi connectivity index (χ1n) is 7.76. The van der Waals surface area contributed by atoms with Gasteiger partial charge in [-0.1, -0.05) is 26.2 Å². The van der Waals surface area contributed by atoms with Crippen molar-refractivity contribution in [2.45, 2.75) is 56.9 Å². The summed E-state index contributed by atoms with van der Waals surface area (Å²) in [7, 11) is -3.54. The zero-order valence-corrected chi connectivity index (χ0v) is 13.6. The van der Waals surface area contributed by atoms with Crippen LogP contribution in [-0.2, 0) is 10.0 Å². The van der Waals surface area contributed by atoms with Gasteiger partial charge in [0.2, 0.25) is 10.0 Å². The van der Waals surface area contributed by atoms with E-state index in [1.165, 1.54) is 12.8 Å². The van der Waals surface area contributed by atoms with Crippen molar-refractivity contribution in [1.82, 2.24) is 9.71 Å². The minimum absolute atomic E-state index is 0.0205. The second-order valence-corrected chi connectivity index (χ2v) is 7.41. The monoisotopic (exact) mass is 311 g/mol. The highest BCUT2D eigenvalue weighted by Crippen LogP contribution is 2.25. The highest BCUT2D eigenvalue weighted by Gasteiger charge is 2.27. The van der Waals surface area contributed by atoms with Gasteiger partial charge in [-0.05, 0) is 37.8 Å². The molecule has 0 radical (unpaired) electrons. The molecule has 0 aromatic carbocycles. The predicted octanol–water partition coefficient (Wildman–Crippen LogP) is 2.76. The van der Waals surface area contributed by atoms with E-state index in [1.54, 1.807) is 18.3 Å². The Morgan fingerprint density at radius 1 is 1.29 bits per heavy atom. The molecule has 5 nitrogen and oxygen atoms in total. The molecule has 2 N–H and O–H groups in total. The Hall–Kier alpha value is -1.14. The fourth-order valence-corrected chi connectivity index (χ4v) is 4.35. The maximum absolute atomic E-state index is 12.7. The van der Waals surface area contributed by atoms with Gasteiger partial charge in [-0.3, -0.25) is 0 Å². The number of anilines is 1. The maximum Gasteiger partial charge on any atom is 0.244 e.